The fourth-order valence-corrected chi connectivity index (χ4v) is 2.34. The van der Waals surface area contributed by atoms with Crippen molar-refractivity contribution >= 4 is 0 Å². The molecule has 0 heterocycles. The maximum Gasteiger partial charge on any atom is 0.130 e. The van der Waals surface area contributed by atoms with Gasteiger partial charge in [-0.1, -0.05) is 6.07 Å². The van der Waals surface area contributed by atoms with Gasteiger partial charge in [0.05, 0.1) is 20.3 Å². The summed E-state index contributed by atoms with van der Waals surface area (Å²) < 4.78 is 10.9. The van der Waals surface area contributed by atoms with E-state index in [9.17, 15) is 0 Å². The summed E-state index contributed by atoms with van der Waals surface area (Å²) in [6.45, 7) is 1.98. The lowest BCUT2D eigenvalue weighted by Crippen LogP contribution is -2.20. The quantitative estimate of drug-likeness (QED) is 0.790. The molecule has 1 aromatic carbocycles. The number of methoxy groups -OCH3 is 2. The summed E-state index contributed by atoms with van der Waals surface area (Å²) in [5.74, 6) is 1.66. The molecule has 1 aromatic rings. The monoisotopic (exact) mass is 262 g/mol. The Morgan fingerprint density at radius 3 is 2.42 bits per heavy atom. The van der Waals surface area contributed by atoms with Crippen molar-refractivity contribution in [3.8, 4) is 17.6 Å². The Hall–Kier alpha value is -1.73. The van der Waals surface area contributed by atoms with Crippen LogP contribution in [0.4, 0.5) is 0 Å². The van der Waals surface area contributed by atoms with Gasteiger partial charge in [-0.25, -0.2) is 0 Å². The van der Waals surface area contributed by atoms with Crippen LogP contribution in [0.2, 0.25) is 0 Å². The summed E-state index contributed by atoms with van der Waals surface area (Å²) >= 11 is 0. The lowest BCUT2D eigenvalue weighted by Gasteiger charge is -2.27. The fourth-order valence-electron chi connectivity index (χ4n) is 2.34. The lowest BCUT2D eigenvalue weighted by atomic mass is 9.97. The van der Waals surface area contributed by atoms with Crippen LogP contribution >= 0.6 is 0 Å². The highest BCUT2D eigenvalue weighted by molar-refractivity contribution is 5.50. The van der Waals surface area contributed by atoms with E-state index in [1.54, 1.807) is 14.2 Å². The molecule has 0 N–H and O–H groups in total. The predicted molar refractivity (Wildman–Crippen MR) is 75.6 cm³/mol. The Balaban J connectivity index is 3.23. The average molecular weight is 262 g/mol. The van der Waals surface area contributed by atoms with Crippen molar-refractivity contribution in [2.75, 3.05) is 28.3 Å². The second-order valence-corrected chi connectivity index (χ2v) is 4.69. The summed E-state index contributed by atoms with van der Waals surface area (Å²) in [5.41, 5.74) is 2.09. The first kappa shape index (κ1) is 15.3. The van der Waals surface area contributed by atoms with E-state index < -0.39 is 0 Å². The van der Waals surface area contributed by atoms with Crippen LogP contribution in [0.15, 0.2) is 12.1 Å². The van der Waals surface area contributed by atoms with Crippen LogP contribution in [0.5, 0.6) is 11.5 Å². The number of rotatable bonds is 6. The molecule has 0 amide bonds. The molecule has 0 aromatic heterocycles. The molecule has 19 heavy (non-hydrogen) atoms. The molecule has 0 aliphatic carbocycles. The van der Waals surface area contributed by atoms with Gasteiger partial charge in [-0.3, -0.25) is 0 Å². The zero-order valence-corrected chi connectivity index (χ0v) is 12.4. The minimum absolute atomic E-state index is 0.166. The highest BCUT2D eigenvalue weighted by Crippen LogP contribution is 2.37. The molecule has 4 nitrogen and oxygen atoms in total. The van der Waals surface area contributed by atoms with Crippen LogP contribution in [-0.2, 0) is 0 Å². The Kier molecular flexibility index (Phi) is 5.65. The third-order valence-electron chi connectivity index (χ3n) is 3.32. The second kappa shape index (κ2) is 7.01. The van der Waals surface area contributed by atoms with Crippen LogP contribution in [-0.4, -0.2) is 33.2 Å². The number of nitrogens with zero attached hydrogens (tertiary/aromatic N) is 2. The standard InChI is InChI=1S/C15H22N2O2/c1-11-14(18-4)9-8-12(15(11)19-5)13(17(2)3)7-6-10-16/h8-9,13H,6-7H2,1-5H3. The molecule has 0 aliphatic rings. The van der Waals surface area contributed by atoms with Gasteiger partial charge in [-0.2, -0.15) is 5.26 Å². The van der Waals surface area contributed by atoms with Gasteiger partial charge in [0.15, 0.2) is 0 Å². The lowest BCUT2D eigenvalue weighted by molar-refractivity contribution is 0.275. The minimum Gasteiger partial charge on any atom is -0.496 e. The highest BCUT2D eigenvalue weighted by atomic mass is 16.5. The summed E-state index contributed by atoms with van der Waals surface area (Å²) in [4.78, 5) is 2.11. The van der Waals surface area contributed by atoms with E-state index in [1.165, 1.54) is 0 Å². The van der Waals surface area contributed by atoms with Gasteiger partial charge in [0, 0.05) is 23.6 Å². The summed E-state index contributed by atoms with van der Waals surface area (Å²) in [7, 11) is 7.35. The van der Waals surface area contributed by atoms with Gasteiger partial charge in [-0.05, 0) is 33.5 Å². The molecule has 1 unspecified atom stereocenters. The molecule has 0 aliphatic heterocycles. The van der Waals surface area contributed by atoms with E-state index in [0.717, 1.165) is 29.0 Å². The van der Waals surface area contributed by atoms with E-state index in [4.69, 9.17) is 14.7 Å². The van der Waals surface area contributed by atoms with Crippen LogP contribution in [0.3, 0.4) is 0 Å². The van der Waals surface area contributed by atoms with Gasteiger partial charge < -0.3 is 14.4 Å². The number of ether oxygens (including phenoxy) is 2. The zero-order valence-electron chi connectivity index (χ0n) is 12.4. The molecule has 1 rings (SSSR count). The van der Waals surface area contributed by atoms with E-state index in [1.807, 2.05) is 33.2 Å². The summed E-state index contributed by atoms with van der Waals surface area (Å²) in [6.07, 6.45) is 1.31. The van der Waals surface area contributed by atoms with Crippen molar-refractivity contribution in [1.29, 1.82) is 5.26 Å². The highest BCUT2D eigenvalue weighted by Gasteiger charge is 2.21. The van der Waals surface area contributed by atoms with Gasteiger partial charge in [-0.15, -0.1) is 0 Å². The Labute approximate surface area is 115 Å². The van der Waals surface area contributed by atoms with E-state index in [2.05, 4.69) is 11.0 Å². The topological polar surface area (TPSA) is 45.5 Å². The molecule has 0 saturated carbocycles. The maximum absolute atomic E-state index is 8.79. The molecular weight excluding hydrogens is 240 g/mol. The first-order valence-electron chi connectivity index (χ1n) is 6.31. The van der Waals surface area contributed by atoms with E-state index in [0.29, 0.717) is 6.42 Å². The van der Waals surface area contributed by atoms with Crippen LogP contribution in [0.1, 0.15) is 30.0 Å². The normalized spacial score (nSPS) is 12.1. The van der Waals surface area contributed by atoms with Crippen molar-refractivity contribution in [2.45, 2.75) is 25.8 Å². The predicted octanol–water partition coefficient (Wildman–Crippen LogP) is 2.92. The van der Waals surface area contributed by atoms with E-state index in [-0.39, 0.29) is 6.04 Å². The van der Waals surface area contributed by atoms with Crippen LogP contribution < -0.4 is 9.47 Å². The molecule has 1 atom stereocenters. The number of hydrogen-bond acceptors (Lipinski definition) is 4. The number of benzene rings is 1. The summed E-state index contributed by atoms with van der Waals surface area (Å²) in [5, 5.41) is 8.79. The first-order valence-corrected chi connectivity index (χ1v) is 6.31. The molecule has 0 spiro atoms. The minimum atomic E-state index is 0.166. The smallest absolute Gasteiger partial charge is 0.130 e. The van der Waals surface area contributed by atoms with Gasteiger partial charge in [0.1, 0.15) is 11.5 Å². The fraction of sp³-hybridized carbons (Fsp3) is 0.533. The molecule has 0 radical (unpaired) electrons. The second-order valence-electron chi connectivity index (χ2n) is 4.69. The third-order valence-corrected chi connectivity index (χ3v) is 3.32. The van der Waals surface area contributed by atoms with Crippen molar-refractivity contribution in [3.63, 3.8) is 0 Å². The SMILES string of the molecule is COc1ccc(C(CCC#N)N(C)C)c(OC)c1C. The first-order chi connectivity index (χ1) is 9.06. The number of hydrogen-bond donors (Lipinski definition) is 0. The third kappa shape index (κ3) is 3.39. The molecular formula is C15H22N2O2. The average Bonchev–Trinajstić information content (AvgIpc) is 2.39. The molecule has 104 valence electrons. The Bertz CT molecular complexity index is 464. The van der Waals surface area contributed by atoms with Crippen molar-refractivity contribution in [3.05, 3.63) is 23.3 Å². The molecule has 4 heteroatoms. The molecule has 0 saturated heterocycles. The van der Waals surface area contributed by atoms with E-state index >= 15 is 0 Å². The van der Waals surface area contributed by atoms with Crippen molar-refractivity contribution in [1.82, 2.24) is 4.90 Å². The maximum atomic E-state index is 8.79. The zero-order chi connectivity index (χ0) is 14.4. The molecule has 0 fully saturated rings. The van der Waals surface area contributed by atoms with Gasteiger partial charge in [0.25, 0.3) is 0 Å². The van der Waals surface area contributed by atoms with Crippen molar-refractivity contribution < 1.29 is 9.47 Å². The van der Waals surface area contributed by atoms with Gasteiger partial charge in [0.2, 0.25) is 0 Å². The Morgan fingerprint density at radius 2 is 1.95 bits per heavy atom. The molecule has 0 bridgehead atoms. The van der Waals surface area contributed by atoms with Crippen LogP contribution in [0, 0.1) is 18.3 Å². The largest absolute Gasteiger partial charge is 0.496 e. The number of nitriles is 1. The van der Waals surface area contributed by atoms with Crippen molar-refractivity contribution in [2.24, 2.45) is 0 Å². The van der Waals surface area contributed by atoms with Crippen LogP contribution in [0.25, 0.3) is 0 Å². The van der Waals surface area contributed by atoms with Gasteiger partial charge >= 0.3 is 0 Å². The summed E-state index contributed by atoms with van der Waals surface area (Å²) in [6, 6.07) is 6.35. The Morgan fingerprint density at radius 1 is 1.26 bits per heavy atom.